The van der Waals surface area contributed by atoms with Crippen LogP contribution in [0.1, 0.15) is 51.3 Å². The lowest BCUT2D eigenvalue weighted by molar-refractivity contribution is -0.154. The first-order valence-electron chi connectivity index (χ1n) is 11.5. The molecule has 1 saturated heterocycles. The van der Waals surface area contributed by atoms with Crippen molar-refractivity contribution in [3.8, 4) is 0 Å². The first-order chi connectivity index (χ1) is 16.2. The molecule has 2 atom stereocenters. The standard InChI is InChI=1S/C21H32F3N7O3/c1-13-10-30(8-7-29(13)2)20-16(22)18(25-19(26-20)17(23)24)27-28-21(33)15(11-31(34)12-32)9-14-5-3-4-6-14/h12-15,17,34H,3-11H2,1-2H3,(H,28,33)(H,25,26,27)/t13-,15+/m0/s1. The van der Waals surface area contributed by atoms with Gasteiger partial charge in [-0.3, -0.25) is 25.6 Å². The van der Waals surface area contributed by atoms with Crippen molar-refractivity contribution in [2.45, 2.75) is 51.5 Å². The molecule has 0 unspecified atom stereocenters. The van der Waals surface area contributed by atoms with Crippen molar-refractivity contribution in [3.05, 3.63) is 11.6 Å². The number of carbonyl (C=O) groups is 2. The number of aromatic nitrogens is 2. The number of hydroxylamine groups is 2. The maximum absolute atomic E-state index is 15.2. The molecule has 3 rings (SSSR count). The number of halogens is 3. The molecule has 34 heavy (non-hydrogen) atoms. The zero-order valence-corrected chi connectivity index (χ0v) is 19.4. The van der Waals surface area contributed by atoms with Gasteiger partial charge in [-0.05, 0) is 26.3 Å². The molecule has 2 heterocycles. The van der Waals surface area contributed by atoms with Crippen LogP contribution < -0.4 is 15.8 Å². The summed E-state index contributed by atoms with van der Waals surface area (Å²) < 4.78 is 42.1. The van der Waals surface area contributed by atoms with E-state index in [9.17, 15) is 23.6 Å². The van der Waals surface area contributed by atoms with Gasteiger partial charge in [0, 0.05) is 25.7 Å². The number of likely N-dealkylation sites (N-methyl/N-ethyl adjacent to an activating group) is 1. The van der Waals surface area contributed by atoms with Gasteiger partial charge < -0.3 is 9.80 Å². The fourth-order valence-electron chi connectivity index (χ4n) is 4.49. The predicted molar refractivity (Wildman–Crippen MR) is 118 cm³/mol. The van der Waals surface area contributed by atoms with E-state index in [1.807, 2.05) is 14.0 Å². The summed E-state index contributed by atoms with van der Waals surface area (Å²) in [6.07, 6.45) is 1.56. The normalized spacial score (nSPS) is 20.4. The molecular formula is C21H32F3N7O3. The number of piperazine rings is 1. The summed E-state index contributed by atoms with van der Waals surface area (Å²) in [5.74, 6) is -3.76. The van der Waals surface area contributed by atoms with Crippen LogP contribution in [-0.2, 0) is 9.59 Å². The van der Waals surface area contributed by atoms with E-state index in [1.54, 1.807) is 4.90 Å². The summed E-state index contributed by atoms with van der Waals surface area (Å²) in [7, 11) is 1.92. The van der Waals surface area contributed by atoms with E-state index in [1.165, 1.54) is 0 Å². The van der Waals surface area contributed by atoms with Crippen LogP contribution in [0.5, 0.6) is 0 Å². The summed E-state index contributed by atoms with van der Waals surface area (Å²) in [4.78, 5) is 34.6. The van der Waals surface area contributed by atoms with Gasteiger partial charge in [0.25, 0.3) is 6.43 Å². The van der Waals surface area contributed by atoms with Gasteiger partial charge in [-0.25, -0.2) is 23.8 Å². The fraction of sp³-hybridized carbons (Fsp3) is 0.714. The number of hydrogen-bond donors (Lipinski definition) is 3. The smallest absolute Gasteiger partial charge is 0.297 e. The number of rotatable bonds is 10. The molecule has 2 fully saturated rings. The second-order valence-corrected chi connectivity index (χ2v) is 9.07. The van der Waals surface area contributed by atoms with Gasteiger partial charge in [0.05, 0.1) is 12.5 Å². The van der Waals surface area contributed by atoms with Crippen LogP contribution in [0.15, 0.2) is 0 Å². The molecule has 1 aliphatic carbocycles. The predicted octanol–water partition coefficient (Wildman–Crippen LogP) is 2.18. The van der Waals surface area contributed by atoms with E-state index in [-0.39, 0.29) is 30.7 Å². The minimum absolute atomic E-state index is 0.0600. The van der Waals surface area contributed by atoms with E-state index < -0.39 is 35.7 Å². The Labute approximate surface area is 196 Å². The summed E-state index contributed by atoms with van der Waals surface area (Å²) in [5.41, 5.74) is 4.63. The third-order valence-electron chi connectivity index (χ3n) is 6.60. The maximum Gasteiger partial charge on any atom is 0.297 e. The van der Waals surface area contributed by atoms with Gasteiger partial charge >= 0.3 is 0 Å². The molecule has 0 aromatic carbocycles. The molecule has 3 N–H and O–H groups in total. The molecule has 0 radical (unpaired) electrons. The molecule has 1 aromatic heterocycles. The monoisotopic (exact) mass is 487 g/mol. The Kier molecular flexibility index (Phi) is 8.89. The highest BCUT2D eigenvalue weighted by Gasteiger charge is 2.30. The number of amides is 2. The Balaban J connectivity index is 1.76. The van der Waals surface area contributed by atoms with Crippen molar-refractivity contribution in [2.24, 2.45) is 11.8 Å². The third-order valence-corrected chi connectivity index (χ3v) is 6.60. The van der Waals surface area contributed by atoms with E-state index in [0.717, 1.165) is 25.7 Å². The quantitative estimate of drug-likeness (QED) is 0.262. The lowest BCUT2D eigenvalue weighted by Gasteiger charge is -2.38. The number of nitrogens with one attached hydrogen (secondary N) is 2. The van der Waals surface area contributed by atoms with Gasteiger partial charge in [0.1, 0.15) is 0 Å². The molecule has 13 heteroatoms. The second kappa shape index (κ2) is 11.6. The van der Waals surface area contributed by atoms with E-state index in [4.69, 9.17) is 0 Å². The lowest BCUT2D eigenvalue weighted by Crippen LogP contribution is -2.50. The van der Waals surface area contributed by atoms with Crippen molar-refractivity contribution < 1.29 is 28.0 Å². The van der Waals surface area contributed by atoms with Crippen molar-refractivity contribution >= 4 is 24.0 Å². The van der Waals surface area contributed by atoms with Crippen LogP contribution in [0.2, 0.25) is 0 Å². The Morgan fingerprint density at radius 2 is 2.00 bits per heavy atom. The molecule has 1 aliphatic heterocycles. The molecule has 190 valence electrons. The molecule has 2 aliphatic rings. The SMILES string of the molecule is C[C@H]1CN(c2nc(C(F)F)nc(NNC(=O)[C@H](CC3CCCC3)CN(O)C=O)c2F)CCN1C. The van der Waals surface area contributed by atoms with Crippen LogP contribution in [-0.4, -0.2) is 76.7 Å². The highest BCUT2D eigenvalue weighted by Crippen LogP contribution is 2.31. The largest absolute Gasteiger partial charge is 0.351 e. The van der Waals surface area contributed by atoms with E-state index in [2.05, 4.69) is 25.7 Å². The Hall–Kier alpha value is -2.67. The first kappa shape index (κ1) is 25.9. The van der Waals surface area contributed by atoms with E-state index >= 15 is 4.39 Å². The van der Waals surface area contributed by atoms with Gasteiger partial charge in [-0.15, -0.1) is 0 Å². The van der Waals surface area contributed by atoms with Gasteiger partial charge in [0.15, 0.2) is 17.5 Å². The summed E-state index contributed by atoms with van der Waals surface area (Å²) in [5, 5.41) is 9.97. The summed E-state index contributed by atoms with van der Waals surface area (Å²) in [6, 6.07) is 0.0600. The number of hydrazine groups is 1. The van der Waals surface area contributed by atoms with Crippen molar-refractivity contribution in [1.29, 1.82) is 0 Å². The van der Waals surface area contributed by atoms with Crippen molar-refractivity contribution in [3.63, 3.8) is 0 Å². The minimum Gasteiger partial charge on any atom is -0.351 e. The first-order valence-corrected chi connectivity index (χ1v) is 11.5. The topological polar surface area (TPSA) is 114 Å². The molecule has 2 amide bonds. The van der Waals surface area contributed by atoms with Gasteiger partial charge in [0.2, 0.25) is 18.1 Å². The van der Waals surface area contributed by atoms with Crippen molar-refractivity contribution in [2.75, 3.05) is 43.6 Å². The lowest BCUT2D eigenvalue weighted by atomic mass is 9.92. The Bertz CT molecular complexity index is 857. The average molecular weight is 488 g/mol. The number of anilines is 2. The molecule has 1 saturated carbocycles. The summed E-state index contributed by atoms with van der Waals surface area (Å²) in [6.45, 7) is 3.08. The van der Waals surface area contributed by atoms with Crippen LogP contribution in [0, 0.1) is 17.7 Å². The van der Waals surface area contributed by atoms with Crippen LogP contribution in [0.25, 0.3) is 0 Å². The molecule has 0 bridgehead atoms. The third kappa shape index (κ3) is 6.47. The highest BCUT2D eigenvalue weighted by atomic mass is 19.3. The van der Waals surface area contributed by atoms with Gasteiger partial charge in [-0.2, -0.15) is 4.39 Å². The zero-order valence-electron chi connectivity index (χ0n) is 19.4. The van der Waals surface area contributed by atoms with Crippen molar-refractivity contribution in [1.82, 2.24) is 25.4 Å². The zero-order chi connectivity index (χ0) is 24.8. The minimum atomic E-state index is -3.04. The number of hydrogen-bond acceptors (Lipinski definition) is 8. The molecule has 1 aromatic rings. The average Bonchev–Trinajstić information content (AvgIpc) is 3.32. The van der Waals surface area contributed by atoms with E-state index in [0.29, 0.717) is 31.1 Å². The molecular weight excluding hydrogens is 455 g/mol. The van der Waals surface area contributed by atoms with Gasteiger partial charge in [-0.1, -0.05) is 25.7 Å². The second-order valence-electron chi connectivity index (χ2n) is 9.07. The fourth-order valence-corrected chi connectivity index (χ4v) is 4.49. The Morgan fingerprint density at radius 3 is 2.62 bits per heavy atom. The summed E-state index contributed by atoms with van der Waals surface area (Å²) >= 11 is 0. The van der Waals surface area contributed by atoms with Crippen LogP contribution >= 0.6 is 0 Å². The number of alkyl halides is 2. The molecule has 10 nitrogen and oxygen atoms in total. The van der Waals surface area contributed by atoms with Crippen LogP contribution in [0.3, 0.4) is 0 Å². The highest BCUT2D eigenvalue weighted by molar-refractivity contribution is 5.80. The number of nitrogens with zero attached hydrogens (tertiary/aromatic N) is 5. The molecule has 0 spiro atoms. The maximum atomic E-state index is 15.2. The Morgan fingerprint density at radius 1 is 1.29 bits per heavy atom. The number of carbonyl (C=O) groups excluding carboxylic acids is 2. The van der Waals surface area contributed by atoms with Crippen LogP contribution in [0.4, 0.5) is 24.8 Å².